The summed E-state index contributed by atoms with van der Waals surface area (Å²) in [5.74, 6) is 2.01. The first-order valence-electron chi connectivity index (χ1n) is 6.82. The zero-order valence-corrected chi connectivity index (χ0v) is 12.6. The molecule has 0 spiro atoms. The molecule has 0 nitrogen and oxygen atoms in total. The first-order chi connectivity index (χ1) is 8.83. The summed E-state index contributed by atoms with van der Waals surface area (Å²) in [6, 6.07) is 6.78. The highest BCUT2D eigenvalue weighted by Crippen LogP contribution is 2.20. The zero-order chi connectivity index (χ0) is 13.1. The van der Waals surface area contributed by atoms with E-state index in [2.05, 4.69) is 12.6 Å². The Labute approximate surface area is 120 Å². The van der Waals surface area contributed by atoms with Gasteiger partial charge in [0.1, 0.15) is 5.82 Å². The van der Waals surface area contributed by atoms with Crippen LogP contribution < -0.4 is 0 Å². The summed E-state index contributed by atoms with van der Waals surface area (Å²) >= 11 is 6.03. The standard InChI is InChI=1S/C15H23FS2/c16-14-8-10-15(11-9-14)18-13-7-5-3-1-2-4-6-12-17/h8-11,17H,1-7,12-13H2. The van der Waals surface area contributed by atoms with E-state index in [0.29, 0.717) is 0 Å². The first kappa shape index (κ1) is 15.9. The number of benzene rings is 1. The fourth-order valence-corrected chi connectivity index (χ4v) is 2.95. The zero-order valence-electron chi connectivity index (χ0n) is 10.9. The summed E-state index contributed by atoms with van der Waals surface area (Å²) in [5.41, 5.74) is 0. The number of thiol groups is 1. The van der Waals surface area contributed by atoms with Gasteiger partial charge in [-0.15, -0.1) is 11.8 Å². The third-order valence-corrected chi connectivity index (χ3v) is 4.30. The lowest BCUT2D eigenvalue weighted by Crippen LogP contribution is -1.84. The topological polar surface area (TPSA) is 0 Å². The Kier molecular flexibility index (Phi) is 9.49. The SMILES string of the molecule is Fc1ccc(SCCCCCCCCCS)cc1. The van der Waals surface area contributed by atoms with Crippen LogP contribution in [0.4, 0.5) is 4.39 Å². The molecule has 0 saturated heterocycles. The molecule has 102 valence electrons. The monoisotopic (exact) mass is 286 g/mol. The van der Waals surface area contributed by atoms with Gasteiger partial charge in [0.15, 0.2) is 0 Å². The molecular formula is C15H23FS2. The van der Waals surface area contributed by atoms with Crippen LogP contribution in [0.15, 0.2) is 29.2 Å². The van der Waals surface area contributed by atoms with Crippen LogP contribution >= 0.6 is 24.4 Å². The van der Waals surface area contributed by atoms with Gasteiger partial charge in [0.2, 0.25) is 0 Å². The van der Waals surface area contributed by atoms with Gasteiger partial charge in [-0.05, 0) is 48.6 Å². The summed E-state index contributed by atoms with van der Waals surface area (Å²) in [6.45, 7) is 0. The number of hydrogen-bond acceptors (Lipinski definition) is 2. The van der Waals surface area contributed by atoms with Crippen LogP contribution in [0.1, 0.15) is 44.9 Å². The predicted octanol–water partition coefficient (Wildman–Crippen LogP) is 5.58. The molecule has 0 aliphatic carbocycles. The highest BCUT2D eigenvalue weighted by Gasteiger charge is 1.95. The average Bonchev–Trinajstić information content (AvgIpc) is 2.39. The fraction of sp³-hybridized carbons (Fsp3) is 0.600. The molecule has 0 atom stereocenters. The molecule has 1 rings (SSSR count). The molecule has 0 heterocycles. The largest absolute Gasteiger partial charge is 0.207 e. The van der Waals surface area contributed by atoms with Gasteiger partial charge < -0.3 is 0 Å². The Bertz CT molecular complexity index is 298. The molecule has 18 heavy (non-hydrogen) atoms. The minimum atomic E-state index is -0.152. The van der Waals surface area contributed by atoms with Gasteiger partial charge in [0.25, 0.3) is 0 Å². The number of unbranched alkanes of at least 4 members (excludes halogenated alkanes) is 6. The fourth-order valence-electron chi connectivity index (χ4n) is 1.82. The highest BCUT2D eigenvalue weighted by atomic mass is 32.2. The number of halogens is 1. The molecule has 0 amide bonds. The van der Waals surface area contributed by atoms with Crippen molar-refractivity contribution in [3.05, 3.63) is 30.1 Å². The maximum absolute atomic E-state index is 12.7. The van der Waals surface area contributed by atoms with Crippen molar-refractivity contribution in [1.29, 1.82) is 0 Å². The lowest BCUT2D eigenvalue weighted by Gasteiger charge is -2.02. The molecule has 0 fully saturated rings. The predicted molar refractivity (Wildman–Crippen MR) is 83.3 cm³/mol. The summed E-state index contributed by atoms with van der Waals surface area (Å²) in [6.07, 6.45) is 9.21. The molecule has 0 unspecified atom stereocenters. The van der Waals surface area contributed by atoms with Crippen molar-refractivity contribution in [3.8, 4) is 0 Å². The molecule has 0 aliphatic rings. The summed E-state index contributed by atoms with van der Waals surface area (Å²) in [5, 5.41) is 0. The third-order valence-electron chi connectivity index (χ3n) is 2.88. The molecule has 3 heteroatoms. The van der Waals surface area contributed by atoms with Crippen molar-refractivity contribution in [1.82, 2.24) is 0 Å². The van der Waals surface area contributed by atoms with Gasteiger partial charge in [-0.25, -0.2) is 4.39 Å². The van der Waals surface area contributed by atoms with E-state index in [4.69, 9.17) is 0 Å². The molecule has 0 N–H and O–H groups in total. The Hall–Kier alpha value is -0.150. The minimum Gasteiger partial charge on any atom is -0.207 e. The van der Waals surface area contributed by atoms with E-state index in [0.717, 1.165) is 11.5 Å². The van der Waals surface area contributed by atoms with Crippen LogP contribution in [-0.2, 0) is 0 Å². The third kappa shape index (κ3) is 8.04. The smallest absolute Gasteiger partial charge is 0.123 e. The molecule has 1 aromatic carbocycles. The van der Waals surface area contributed by atoms with E-state index in [9.17, 15) is 4.39 Å². The van der Waals surface area contributed by atoms with Gasteiger partial charge in [0, 0.05) is 4.90 Å². The van der Waals surface area contributed by atoms with E-state index in [1.165, 1.54) is 62.0 Å². The van der Waals surface area contributed by atoms with Gasteiger partial charge in [-0.1, -0.05) is 32.1 Å². The summed E-state index contributed by atoms with van der Waals surface area (Å²) in [7, 11) is 0. The maximum Gasteiger partial charge on any atom is 0.123 e. The highest BCUT2D eigenvalue weighted by molar-refractivity contribution is 7.99. The molecule has 0 saturated carbocycles. The first-order valence-corrected chi connectivity index (χ1v) is 8.44. The Morgan fingerprint density at radius 1 is 0.833 bits per heavy atom. The van der Waals surface area contributed by atoms with E-state index in [-0.39, 0.29) is 5.82 Å². The molecule has 0 aliphatic heterocycles. The Morgan fingerprint density at radius 3 is 2.00 bits per heavy atom. The number of thioether (sulfide) groups is 1. The van der Waals surface area contributed by atoms with Crippen LogP contribution in [-0.4, -0.2) is 11.5 Å². The van der Waals surface area contributed by atoms with Gasteiger partial charge in [0.05, 0.1) is 0 Å². The van der Waals surface area contributed by atoms with E-state index < -0.39 is 0 Å². The van der Waals surface area contributed by atoms with E-state index in [1.54, 1.807) is 0 Å². The van der Waals surface area contributed by atoms with Crippen molar-refractivity contribution >= 4 is 24.4 Å². The van der Waals surface area contributed by atoms with Crippen LogP contribution in [0.5, 0.6) is 0 Å². The lowest BCUT2D eigenvalue weighted by molar-refractivity contribution is 0.605. The van der Waals surface area contributed by atoms with Gasteiger partial charge >= 0.3 is 0 Å². The maximum atomic E-state index is 12.7. The van der Waals surface area contributed by atoms with Crippen molar-refractivity contribution in [2.45, 2.75) is 49.8 Å². The van der Waals surface area contributed by atoms with E-state index in [1.807, 2.05) is 23.9 Å². The van der Waals surface area contributed by atoms with Gasteiger partial charge in [-0.3, -0.25) is 0 Å². The number of hydrogen-bond donors (Lipinski definition) is 1. The molecule has 0 radical (unpaired) electrons. The average molecular weight is 286 g/mol. The van der Waals surface area contributed by atoms with Crippen molar-refractivity contribution in [2.24, 2.45) is 0 Å². The van der Waals surface area contributed by atoms with Gasteiger partial charge in [-0.2, -0.15) is 12.6 Å². The second-order valence-electron chi connectivity index (χ2n) is 4.50. The normalized spacial score (nSPS) is 10.8. The van der Waals surface area contributed by atoms with Crippen LogP contribution in [0.3, 0.4) is 0 Å². The Balaban J connectivity index is 1.91. The lowest BCUT2D eigenvalue weighted by atomic mass is 10.1. The molecule has 0 aromatic heterocycles. The summed E-state index contributed by atoms with van der Waals surface area (Å²) in [4.78, 5) is 1.17. The number of rotatable bonds is 10. The van der Waals surface area contributed by atoms with Crippen molar-refractivity contribution in [2.75, 3.05) is 11.5 Å². The summed E-state index contributed by atoms with van der Waals surface area (Å²) < 4.78 is 12.7. The Morgan fingerprint density at radius 2 is 1.39 bits per heavy atom. The molecule has 1 aromatic rings. The molecular weight excluding hydrogens is 263 g/mol. The van der Waals surface area contributed by atoms with E-state index >= 15 is 0 Å². The minimum absolute atomic E-state index is 0.152. The quantitative estimate of drug-likeness (QED) is 0.333. The van der Waals surface area contributed by atoms with Crippen molar-refractivity contribution in [3.63, 3.8) is 0 Å². The second-order valence-corrected chi connectivity index (χ2v) is 6.12. The van der Waals surface area contributed by atoms with Crippen molar-refractivity contribution < 1.29 is 4.39 Å². The van der Waals surface area contributed by atoms with Crippen LogP contribution in [0.2, 0.25) is 0 Å². The van der Waals surface area contributed by atoms with Crippen LogP contribution in [0, 0.1) is 5.82 Å². The van der Waals surface area contributed by atoms with Crippen LogP contribution in [0.25, 0.3) is 0 Å². The molecule has 0 bridgehead atoms. The second kappa shape index (κ2) is 10.7.